The van der Waals surface area contributed by atoms with Crippen LogP contribution in [0.1, 0.15) is 5.56 Å². The Kier molecular flexibility index (Phi) is 2.46. The predicted molar refractivity (Wildman–Crippen MR) is 59.4 cm³/mol. The summed E-state index contributed by atoms with van der Waals surface area (Å²) in [5.74, 6) is 0. The molecule has 0 aromatic heterocycles. The van der Waals surface area contributed by atoms with Gasteiger partial charge in [0.05, 0.1) is 4.92 Å². The first kappa shape index (κ1) is 9.40. The molecule has 0 bridgehead atoms. The number of nitro groups is 1. The molecule has 0 aliphatic heterocycles. The molecule has 74 valence electrons. The van der Waals surface area contributed by atoms with Gasteiger partial charge in [-0.05, 0) is 17.2 Å². The minimum atomic E-state index is -0.387. The first-order valence-corrected chi connectivity index (χ1v) is 4.56. The first-order chi connectivity index (χ1) is 7.25. The van der Waals surface area contributed by atoms with Crippen molar-refractivity contribution in [2.75, 3.05) is 0 Å². The number of hydrogen-bond acceptors (Lipinski definition) is 2. The zero-order chi connectivity index (χ0) is 10.7. The van der Waals surface area contributed by atoms with Gasteiger partial charge in [0.1, 0.15) is 0 Å². The van der Waals surface area contributed by atoms with Crippen LogP contribution in [0.4, 0.5) is 5.69 Å². The van der Waals surface area contributed by atoms with Crippen molar-refractivity contribution in [3.05, 3.63) is 69.8 Å². The summed E-state index contributed by atoms with van der Waals surface area (Å²) in [6.07, 6.45) is 9.69. The maximum atomic E-state index is 10.5. The number of nitrogens with zero attached hydrogens (tertiary/aromatic N) is 1. The van der Waals surface area contributed by atoms with E-state index in [0.29, 0.717) is 0 Å². The van der Waals surface area contributed by atoms with Crippen LogP contribution in [0, 0.1) is 10.1 Å². The van der Waals surface area contributed by atoms with E-state index < -0.39 is 0 Å². The molecule has 1 aliphatic rings. The molecule has 0 atom stereocenters. The molecule has 3 nitrogen and oxygen atoms in total. The molecule has 1 aromatic rings. The van der Waals surface area contributed by atoms with Crippen LogP contribution in [0.15, 0.2) is 54.1 Å². The third-order valence-electron chi connectivity index (χ3n) is 2.10. The second-order valence-electron chi connectivity index (χ2n) is 3.21. The van der Waals surface area contributed by atoms with Gasteiger partial charge in [0.15, 0.2) is 0 Å². The zero-order valence-electron chi connectivity index (χ0n) is 7.96. The molecule has 0 saturated heterocycles. The van der Waals surface area contributed by atoms with Gasteiger partial charge in [-0.15, -0.1) is 0 Å². The third kappa shape index (κ3) is 2.20. The van der Waals surface area contributed by atoms with Crippen molar-refractivity contribution in [3.63, 3.8) is 0 Å². The van der Waals surface area contributed by atoms with Gasteiger partial charge >= 0.3 is 0 Å². The molecule has 0 N–H and O–H groups in total. The molecule has 0 fully saturated rings. The van der Waals surface area contributed by atoms with Crippen LogP contribution in [-0.4, -0.2) is 4.92 Å². The van der Waals surface area contributed by atoms with Gasteiger partial charge in [-0.1, -0.05) is 36.4 Å². The van der Waals surface area contributed by atoms with Crippen LogP contribution in [0.5, 0.6) is 0 Å². The maximum absolute atomic E-state index is 10.5. The lowest BCUT2D eigenvalue weighted by Gasteiger charge is -1.95. The zero-order valence-corrected chi connectivity index (χ0v) is 7.96. The third-order valence-corrected chi connectivity index (χ3v) is 2.10. The topological polar surface area (TPSA) is 43.1 Å². The first-order valence-electron chi connectivity index (χ1n) is 4.56. The van der Waals surface area contributed by atoms with Gasteiger partial charge in [-0.3, -0.25) is 10.1 Å². The Hall–Kier alpha value is -2.16. The van der Waals surface area contributed by atoms with E-state index >= 15 is 0 Å². The lowest BCUT2D eigenvalue weighted by molar-refractivity contribution is -0.384. The Morgan fingerprint density at radius 2 is 1.93 bits per heavy atom. The average molecular weight is 199 g/mol. The summed E-state index contributed by atoms with van der Waals surface area (Å²) in [5.41, 5.74) is 2.02. The number of rotatable bonds is 2. The molecule has 0 saturated carbocycles. The van der Waals surface area contributed by atoms with Crippen LogP contribution in [0.2, 0.25) is 0 Å². The lowest BCUT2D eigenvalue weighted by atomic mass is 10.1. The largest absolute Gasteiger partial charge is 0.270 e. The molecule has 0 spiro atoms. The van der Waals surface area contributed by atoms with E-state index in [1.165, 1.54) is 6.07 Å². The summed E-state index contributed by atoms with van der Waals surface area (Å²) < 4.78 is 0. The molecule has 2 rings (SSSR count). The van der Waals surface area contributed by atoms with Crippen molar-refractivity contribution >= 4 is 11.8 Å². The van der Waals surface area contributed by atoms with E-state index in [9.17, 15) is 10.1 Å². The average Bonchev–Trinajstić information content (AvgIpc) is 2.71. The van der Waals surface area contributed by atoms with Crippen LogP contribution in [0.25, 0.3) is 6.08 Å². The highest BCUT2D eigenvalue weighted by Crippen LogP contribution is 2.17. The van der Waals surface area contributed by atoms with E-state index in [1.54, 1.807) is 12.1 Å². The van der Waals surface area contributed by atoms with Crippen LogP contribution < -0.4 is 0 Å². The molecule has 3 heteroatoms. The second kappa shape index (κ2) is 3.92. The number of nitro benzene ring substituents is 1. The Labute approximate surface area is 87.2 Å². The number of non-ortho nitro benzene ring substituents is 1. The monoisotopic (exact) mass is 199 g/mol. The highest BCUT2D eigenvalue weighted by molar-refractivity contribution is 5.63. The van der Waals surface area contributed by atoms with Gasteiger partial charge in [0.25, 0.3) is 5.69 Å². The van der Waals surface area contributed by atoms with Crippen molar-refractivity contribution in [1.29, 1.82) is 0 Å². The smallest absolute Gasteiger partial charge is 0.258 e. The normalized spacial score (nSPS) is 13.2. The quantitative estimate of drug-likeness (QED) is 0.542. The number of allylic oxidation sites excluding steroid dienone is 5. The van der Waals surface area contributed by atoms with E-state index in [2.05, 4.69) is 0 Å². The van der Waals surface area contributed by atoms with E-state index in [4.69, 9.17) is 0 Å². The summed E-state index contributed by atoms with van der Waals surface area (Å²) >= 11 is 0. The SMILES string of the molecule is O=[N+]([O-])c1cccc(C=C2C=CC=C2)c1. The summed E-state index contributed by atoms with van der Waals surface area (Å²) in [6, 6.07) is 6.59. The summed E-state index contributed by atoms with van der Waals surface area (Å²) in [4.78, 5) is 10.2. The van der Waals surface area contributed by atoms with Crippen molar-refractivity contribution in [3.8, 4) is 0 Å². The van der Waals surface area contributed by atoms with Gasteiger partial charge in [-0.25, -0.2) is 0 Å². The minimum absolute atomic E-state index is 0.121. The molecule has 0 unspecified atom stereocenters. The number of hydrogen-bond donors (Lipinski definition) is 0. The Bertz CT molecular complexity index is 470. The Balaban J connectivity index is 2.33. The lowest BCUT2D eigenvalue weighted by Crippen LogP contribution is -1.87. The second-order valence-corrected chi connectivity index (χ2v) is 3.21. The fraction of sp³-hybridized carbons (Fsp3) is 0. The number of benzene rings is 1. The summed E-state index contributed by atoms with van der Waals surface area (Å²) in [7, 11) is 0. The highest BCUT2D eigenvalue weighted by Gasteiger charge is 2.04. The summed E-state index contributed by atoms with van der Waals surface area (Å²) in [6.45, 7) is 0. The Morgan fingerprint density at radius 3 is 2.60 bits per heavy atom. The van der Waals surface area contributed by atoms with Gasteiger partial charge in [0.2, 0.25) is 0 Å². The van der Waals surface area contributed by atoms with Gasteiger partial charge in [0, 0.05) is 12.1 Å². The van der Waals surface area contributed by atoms with Crippen molar-refractivity contribution in [2.24, 2.45) is 0 Å². The molecule has 0 amide bonds. The van der Waals surface area contributed by atoms with Crippen molar-refractivity contribution in [2.45, 2.75) is 0 Å². The standard InChI is InChI=1S/C12H9NO2/c14-13(15)12-7-3-6-11(9-12)8-10-4-1-2-5-10/h1-9H. The van der Waals surface area contributed by atoms with E-state index in [-0.39, 0.29) is 10.6 Å². The maximum Gasteiger partial charge on any atom is 0.270 e. The Morgan fingerprint density at radius 1 is 1.20 bits per heavy atom. The van der Waals surface area contributed by atoms with Gasteiger partial charge in [-0.2, -0.15) is 0 Å². The van der Waals surface area contributed by atoms with Gasteiger partial charge < -0.3 is 0 Å². The predicted octanol–water partition coefficient (Wildman–Crippen LogP) is 3.10. The van der Waals surface area contributed by atoms with Crippen LogP contribution in [-0.2, 0) is 0 Å². The van der Waals surface area contributed by atoms with Crippen LogP contribution in [0.3, 0.4) is 0 Å². The fourth-order valence-electron chi connectivity index (χ4n) is 1.41. The molecule has 0 heterocycles. The fourth-order valence-corrected chi connectivity index (χ4v) is 1.41. The minimum Gasteiger partial charge on any atom is -0.258 e. The van der Waals surface area contributed by atoms with E-state index in [0.717, 1.165) is 11.1 Å². The van der Waals surface area contributed by atoms with Crippen LogP contribution >= 0.6 is 0 Å². The molecular formula is C12H9NO2. The van der Waals surface area contributed by atoms with Crippen molar-refractivity contribution in [1.82, 2.24) is 0 Å². The van der Waals surface area contributed by atoms with Crippen molar-refractivity contribution < 1.29 is 4.92 Å². The highest BCUT2D eigenvalue weighted by atomic mass is 16.6. The summed E-state index contributed by atoms with van der Waals surface area (Å²) in [5, 5.41) is 10.5. The molecule has 0 radical (unpaired) electrons. The molecule has 15 heavy (non-hydrogen) atoms. The molecular weight excluding hydrogens is 190 g/mol. The molecule has 1 aliphatic carbocycles. The van der Waals surface area contributed by atoms with E-state index in [1.807, 2.05) is 36.4 Å². The molecule has 1 aromatic carbocycles.